The van der Waals surface area contributed by atoms with Gasteiger partial charge in [0.05, 0.1) is 10.7 Å². The van der Waals surface area contributed by atoms with Crippen LogP contribution in [0.1, 0.15) is 18.4 Å². The van der Waals surface area contributed by atoms with E-state index in [1.165, 1.54) is 10.4 Å². The molecule has 8 heteroatoms. The highest BCUT2D eigenvalue weighted by Gasteiger charge is 2.25. The molecule has 1 aromatic rings. The molecule has 104 valence electrons. The van der Waals surface area contributed by atoms with Crippen LogP contribution < -0.4 is 10.5 Å². The van der Waals surface area contributed by atoms with E-state index in [9.17, 15) is 8.42 Å². The van der Waals surface area contributed by atoms with Gasteiger partial charge in [-0.05, 0) is 25.0 Å². The topological polar surface area (TPSA) is 75.4 Å². The summed E-state index contributed by atoms with van der Waals surface area (Å²) in [5, 5.41) is 0.308. The second-order valence-corrected chi connectivity index (χ2v) is 6.79. The summed E-state index contributed by atoms with van der Waals surface area (Å²) in [7, 11) is -3.56. The lowest BCUT2D eigenvalue weighted by molar-refractivity contribution is 0.482. The summed E-state index contributed by atoms with van der Waals surface area (Å²) in [6.07, 6.45) is 1.75. The Bertz CT molecular complexity index is 598. The minimum Gasteiger partial charge on any atom is -0.389 e. The molecule has 0 unspecified atom stereocenters. The zero-order valence-electron chi connectivity index (χ0n) is 10.1. The first kappa shape index (κ1) is 14.5. The maximum atomic E-state index is 12.1. The van der Waals surface area contributed by atoms with Gasteiger partial charge >= 0.3 is 10.2 Å². The van der Waals surface area contributed by atoms with Gasteiger partial charge in [0.1, 0.15) is 4.99 Å². The molecule has 0 bridgehead atoms. The van der Waals surface area contributed by atoms with Crippen LogP contribution in [0.4, 0.5) is 5.69 Å². The van der Waals surface area contributed by atoms with Gasteiger partial charge in [0.2, 0.25) is 0 Å². The third-order valence-corrected chi connectivity index (χ3v) is 4.98. The van der Waals surface area contributed by atoms with Crippen LogP contribution in [0.2, 0.25) is 5.02 Å². The molecule has 1 fully saturated rings. The summed E-state index contributed by atoms with van der Waals surface area (Å²) in [5.41, 5.74) is 6.38. The fourth-order valence-corrected chi connectivity index (χ4v) is 3.55. The van der Waals surface area contributed by atoms with Crippen LogP contribution in [-0.2, 0) is 10.2 Å². The van der Waals surface area contributed by atoms with Gasteiger partial charge in [-0.1, -0.05) is 29.9 Å². The van der Waals surface area contributed by atoms with E-state index in [1.807, 2.05) is 0 Å². The van der Waals surface area contributed by atoms with Gasteiger partial charge in [-0.25, -0.2) is 0 Å². The van der Waals surface area contributed by atoms with Gasteiger partial charge in [0.25, 0.3) is 0 Å². The predicted octanol–water partition coefficient (Wildman–Crippen LogP) is 1.73. The number of nitrogens with zero attached hydrogens (tertiary/aromatic N) is 1. The standard InChI is InChI=1S/C11H14ClN3O2S2/c12-9-4-3-8(11(13)18)7-10(9)14-19(16,17)15-5-1-2-6-15/h3-4,7,14H,1-2,5-6H2,(H2,13,18). The van der Waals surface area contributed by atoms with Gasteiger partial charge < -0.3 is 5.73 Å². The Morgan fingerprint density at radius 1 is 1.37 bits per heavy atom. The Kier molecular flexibility index (Phi) is 4.29. The van der Waals surface area contributed by atoms with Crippen molar-refractivity contribution < 1.29 is 8.42 Å². The molecule has 0 amide bonds. The van der Waals surface area contributed by atoms with Crippen molar-refractivity contribution >= 4 is 44.7 Å². The molecule has 5 nitrogen and oxygen atoms in total. The van der Waals surface area contributed by atoms with Gasteiger partial charge in [0.15, 0.2) is 0 Å². The molecule has 1 heterocycles. The lowest BCUT2D eigenvalue weighted by Crippen LogP contribution is -2.33. The van der Waals surface area contributed by atoms with Gasteiger partial charge in [-0.3, -0.25) is 4.72 Å². The number of nitrogens with two attached hydrogens (primary N) is 1. The largest absolute Gasteiger partial charge is 0.389 e. The Labute approximate surface area is 122 Å². The molecule has 19 heavy (non-hydrogen) atoms. The molecule has 1 aliphatic rings. The lowest BCUT2D eigenvalue weighted by Gasteiger charge is -2.18. The molecule has 1 aromatic carbocycles. The monoisotopic (exact) mass is 319 g/mol. The Morgan fingerprint density at radius 3 is 2.58 bits per heavy atom. The van der Waals surface area contributed by atoms with E-state index in [-0.39, 0.29) is 4.99 Å². The summed E-state index contributed by atoms with van der Waals surface area (Å²) in [4.78, 5) is 0.193. The number of hydrogen-bond donors (Lipinski definition) is 2. The molecule has 0 spiro atoms. The lowest BCUT2D eigenvalue weighted by atomic mass is 10.2. The van der Waals surface area contributed by atoms with Crippen molar-refractivity contribution in [3.05, 3.63) is 28.8 Å². The number of benzene rings is 1. The maximum Gasteiger partial charge on any atom is 0.301 e. The van der Waals surface area contributed by atoms with Crippen LogP contribution in [0, 0.1) is 0 Å². The van der Waals surface area contributed by atoms with E-state index in [0.717, 1.165) is 12.8 Å². The normalized spacial score (nSPS) is 16.5. The molecule has 0 aromatic heterocycles. The summed E-state index contributed by atoms with van der Waals surface area (Å²) in [5.74, 6) is 0. The van der Waals surface area contributed by atoms with Crippen molar-refractivity contribution in [2.75, 3.05) is 17.8 Å². The molecule has 2 rings (SSSR count). The van der Waals surface area contributed by atoms with Crippen LogP contribution in [0.3, 0.4) is 0 Å². The van der Waals surface area contributed by atoms with E-state index in [1.54, 1.807) is 12.1 Å². The van der Waals surface area contributed by atoms with E-state index in [2.05, 4.69) is 4.72 Å². The molecular weight excluding hydrogens is 306 g/mol. The number of anilines is 1. The van der Waals surface area contributed by atoms with Crippen LogP contribution >= 0.6 is 23.8 Å². The van der Waals surface area contributed by atoms with Crippen LogP contribution in [0.25, 0.3) is 0 Å². The Balaban J connectivity index is 2.27. The van der Waals surface area contributed by atoms with Crippen molar-refractivity contribution in [1.82, 2.24) is 4.31 Å². The minimum absolute atomic E-state index is 0.193. The first-order valence-electron chi connectivity index (χ1n) is 5.77. The van der Waals surface area contributed by atoms with Crippen molar-refractivity contribution in [2.45, 2.75) is 12.8 Å². The zero-order valence-corrected chi connectivity index (χ0v) is 12.5. The third kappa shape index (κ3) is 3.36. The van der Waals surface area contributed by atoms with E-state index in [0.29, 0.717) is 29.4 Å². The summed E-state index contributed by atoms with van der Waals surface area (Å²) < 4.78 is 28.1. The molecule has 0 saturated carbocycles. The number of nitrogens with one attached hydrogen (secondary N) is 1. The quantitative estimate of drug-likeness (QED) is 0.829. The molecular formula is C11H14ClN3O2S2. The van der Waals surface area contributed by atoms with Crippen molar-refractivity contribution in [3.63, 3.8) is 0 Å². The highest BCUT2D eigenvalue weighted by atomic mass is 35.5. The number of thiocarbonyl (C=S) groups is 1. The Hall–Kier alpha value is -0.890. The second-order valence-electron chi connectivity index (χ2n) is 4.27. The highest BCUT2D eigenvalue weighted by Crippen LogP contribution is 2.25. The second kappa shape index (κ2) is 5.62. The molecule has 0 aliphatic carbocycles. The van der Waals surface area contributed by atoms with Crippen LogP contribution in [-0.4, -0.2) is 30.8 Å². The van der Waals surface area contributed by atoms with E-state index < -0.39 is 10.2 Å². The maximum absolute atomic E-state index is 12.1. The smallest absolute Gasteiger partial charge is 0.301 e. The average Bonchev–Trinajstić information content (AvgIpc) is 2.85. The van der Waals surface area contributed by atoms with Crippen LogP contribution in [0.5, 0.6) is 0 Å². The van der Waals surface area contributed by atoms with Crippen LogP contribution in [0.15, 0.2) is 18.2 Å². The van der Waals surface area contributed by atoms with Gasteiger partial charge in [0, 0.05) is 18.7 Å². The SMILES string of the molecule is NC(=S)c1ccc(Cl)c(NS(=O)(=O)N2CCCC2)c1. The zero-order chi connectivity index (χ0) is 14.0. The summed E-state index contributed by atoms with van der Waals surface area (Å²) >= 11 is 10.8. The van der Waals surface area contributed by atoms with Crippen molar-refractivity contribution in [3.8, 4) is 0 Å². The average molecular weight is 320 g/mol. The molecule has 3 N–H and O–H groups in total. The number of rotatable bonds is 4. The fourth-order valence-electron chi connectivity index (χ4n) is 1.89. The molecule has 0 atom stereocenters. The number of hydrogen-bond acceptors (Lipinski definition) is 3. The third-order valence-electron chi connectivity index (χ3n) is 2.89. The van der Waals surface area contributed by atoms with E-state index in [4.69, 9.17) is 29.6 Å². The summed E-state index contributed by atoms with van der Waals surface area (Å²) in [6.45, 7) is 1.06. The van der Waals surface area contributed by atoms with Crippen molar-refractivity contribution in [2.24, 2.45) is 5.73 Å². The predicted molar refractivity (Wildman–Crippen MR) is 80.7 cm³/mol. The molecule has 1 saturated heterocycles. The first-order chi connectivity index (χ1) is 8.90. The molecule has 1 aliphatic heterocycles. The van der Waals surface area contributed by atoms with E-state index >= 15 is 0 Å². The van der Waals surface area contributed by atoms with Gasteiger partial charge in [-0.2, -0.15) is 12.7 Å². The number of halogens is 1. The molecule has 0 radical (unpaired) electrons. The highest BCUT2D eigenvalue weighted by molar-refractivity contribution is 7.90. The first-order valence-corrected chi connectivity index (χ1v) is 8.00. The Morgan fingerprint density at radius 2 is 2.00 bits per heavy atom. The minimum atomic E-state index is -3.56. The van der Waals surface area contributed by atoms with Gasteiger partial charge in [-0.15, -0.1) is 0 Å². The van der Waals surface area contributed by atoms with Crippen molar-refractivity contribution in [1.29, 1.82) is 0 Å². The summed E-state index contributed by atoms with van der Waals surface area (Å²) in [6, 6.07) is 4.76. The fraction of sp³-hybridized carbons (Fsp3) is 0.364.